The third kappa shape index (κ3) is 1.31. The summed E-state index contributed by atoms with van der Waals surface area (Å²) in [5.74, 6) is 0.270. The van der Waals surface area contributed by atoms with Gasteiger partial charge in [-0.1, -0.05) is 6.92 Å². The number of hydrogen-bond donors (Lipinski definition) is 2. The van der Waals surface area contributed by atoms with Crippen LogP contribution in [0.5, 0.6) is 0 Å². The average Bonchev–Trinajstić information content (AvgIpc) is 1.96. The molecule has 3 heteroatoms. The van der Waals surface area contributed by atoms with E-state index in [0.29, 0.717) is 13.2 Å². The fourth-order valence-electron chi connectivity index (χ4n) is 1.17. The van der Waals surface area contributed by atoms with E-state index < -0.39 is 5.54 Å². The lowest BCUT2D eigenvalue weighted by atomic mass is 9.83. The average molecular weight is 145 g/mol. The summed E-state index contributed by atoms with van der Waals surface area (Å²) in [7, 11) is 0. The van der Waals surface area contributed by atoms with Crippen molar-refractivity contribution in [2.45, 2.75) is 18.9 Å². The van der Waals surface area contributed by atoms with E-state index in [1.165, 1.54) is 0 Å². The van der Waals surface area contributed by atoms with Gasteiger partial charge in [0.05, 0.1) is 13.2 Å². The summed E-state index contributed by atoms with van der Waals surface area (Å²) in [6, 6.07) is 0. The van der Waals surface area contributed by atoms with Gasteiger partial charge in [0.25, 0.3) is 0 Å². The van der Waals surface area contributed by atoms with Crippen molar-refractivity contribution in [3.63, 3.8) is 0 Å². The first-order chi connectivity index (χ1) is 4.69. The first-order valence-electron chi connectivity index (χ1n) is 3.66. The van der Waals surface area contributed by atoms with Crippen molar-refractivity contribution in [2.24, 2.45) is 11.7 Å². The molecule has 0 bridgehead atoms. The van der Waals surface area contributed by atoms with E-state index in [-0.39, 0.29) is 12.5 Å². The Bertz CT molecular complexity index is 118. The highest BCUT2D eigenvalue weighted by molar-refractivity contribution is 4.90. The summed E-state index contributed by atoms with van der Waals surface area (Å²) in [6.07, 6.45) is 0.769. The van der Waals surface area contributed by atoms with Crippen LogP contribution in [-0.2, 0) is 4.74 Å². The molecule has 3 nitrogen and oxygen atoms in total. The van der Waals surface area contributed by atoms with Gasteiger partial charge >= 0.3 is 0 Å². The van der Waals surface area contributed by atoms with Gasteiger partial charge in [0.2, 0.25) is 0 Å². The minimum atomic E-state index is -0.391. The highest BCUT2D eigenvalue weighted by Crippen LogP contribution is 2.22. The van der Waals surface area contributed by atoms with Crippen molar-refractivity contribution in [3.8, 4) is 0 Å². The van der Waals surface area contributed by atoms with E-state index in [4.69, 9.17) is 15.6 Å². The van der Waals surface area contributed by atoms with Crippen LogP contribution < -0.4 is 5.73 Å². The molecule has 1 fully saturated rings. The second kappa shape index (κ2) is 2.86. The smallest absolute Gasteiger partial charge is 0.0615 e. The predicted molar refractivity (Wildman–Crippen MR) is 38.6 cm³/mol. The Labute approximate surface area is 61.2 Å². The normalized spacial score (nSPS) is 41.7. The van der Waals surface area contributed by atoms with E-state index in [2.05, 4.69) is 0 Å². The lowest BCUT2D eigenvalue weighted by molar-refractivity contribution is -0.0127. The van der Waals surface area contributed by atoms with Crippen LogP contribution in [0.3, 0.4) is 0 Å². The Morgan fingerprint density at radius 1 is 1.80 bits per heavy atom. The highest BCUT2D eigenvalue weighted by atomic mass is 16.5. The van der Waals surface area contributed by atoms with Crippen LogP contribution in [0.25, 0.3) is 0 Å². The van der Waals surface area contributed by atoms with E-state index in [1.807, 2.05) is 6.92 Å². The minimum Gasteiger partial charge on any atom is -0.394 e. The summed E-state index contributed by atoms with van der Waals surface area (Å²) in [4.78, 5) is 0. The summed E-state index contributed by atoms with van der Waals surface area (Å²) >= 11 is 0. The summed E-state index contributed by atoms with van der Waals surface area (Å²) in [5, 5.41) is 8.94. The molecule has 60 valence electrons. The maximum Gasteiger partial charge on any atom is 0.0615 e. The monoisotopic (exact) mass is 145 g/mol. The topological polar surface area (TPSA) is 55.5 Å². The van der Waals surface area contributed by atoms with Crippen LogP contribution in [0, 0.1) is 5.92 Å². The molecule has 2 unspecified atom stereocenters. The van der Waals surface area contributed by atoms with Gasteiger partial charge in [-0.15, -0.1) is 0 Å². The molecule has 2 atom stereocenters. The van der Waals surface area contributed by atoms with E-state index in [0.717, 1.165) is 6.42 Å². The molecular formula is C7H15NO2. The second-order valence-corrected chi connectivity index (χ2v) is 3.12. The Hall–Kier alpha value is -0.120. The van der Waals surface area contributed by atoms with Crippen molar-refractivity contribution in [2.75, 3.05) is 19.8 Å². The largest absolute Gasteiger partial charge is 0.394 e. The van der Waals surface area contributed by atoms with E-state index in [9.17, 15) is 0 Å². The molecule has 10 heavy (non-hydrogen) atoms. The Kier molecular flexibility index (Phi) is 2.28. The molecule has 0 aromatic carbocycles. The number of nitrogens with two attached hydrogens (primary N) is 1. The minimum absolute atomic E-state index is 0.0670. The molecule has 0 aromatic rings. The lowest BCUT2D eigenvalue weighted by Crippen LogP contribution is -2.54. The molecular weight excluding hydrogens is 130 g/mol. The standard InChI is InChI=1S/C7H15NO2/c1-6-4-10-3-2-7(6,8)5-9/h6,9H,2-5,8H2,1H3. The van der Waals surface area contributed by atoms with Gasteiger partial charge in [-0.3, -0.25) is 0 Å². The number of hydrogen-bond acceptors (Lipinski definition) is 3. The van der Waals surface area contributed by atoms with Crippen LogP contribution in [-0.4, -0.2) is 30.5 Å². The van der Waals surface area contributed by atoms with Gasteiger partial charge in [0.15, 0.2) is 0 Å². The molecule has 1 saturated heterocycles. The number of ether oxygens (including phenoxy) is 1. The zero-order valence-corrected chi connectivity index (χ0v) is 6.34. The van der Waals surface area contributed by atoms with Crippen molar-refractivity contribution < 1.29 is 9.84 Å². The maximum absolute atomic E-state index is 8.94. The zero-order chi connectivity index (χ0) is 7.61. The second-order valence-electron chi connectivity index (χ2n) is 3.12. The molecule has 1 rings (SSSR count). The summed E-state index contributed by atoms with van der Waals surface area (Å²) in [5.41, 5.74) is 5.48. The van der Waals surface area contributed by atoms with Crippen LogP contribution in [0.15, 0.2) is 0 Å². The molecule has 1 heterocycles. The van der Waals surface area contributed by atoms with Gasteiger partial charge in [-0.05, 0) is 12.3 Å². The van der Waals surface area contributed by atoms with Gasteiger partial charge in [-0.2, -0.15) is 0 Å². The fraction of sp³-hybridized carbons (Fsp3) is 1.00. The van der Waals surface area contributed by atoms with Gasteiger partial charge in [0, 0.05) is 12.1 Å². The molecule has 0 spiro atoms. The summed E-state index contributed by atoms with van der Waals surface area (Å²) in [6.45, 7) is 3.44. The Morgan fingerprint density at radius 3 is 2.90 bits per heavy atom. The molecule has 3 N–H and O–H groups in total. The van der Waals surface area contributed by atoms with Crippen molar-refractivity contribution in [1.82, 2.24) is 0 Å². The molecule has 0 amide bonds. The summed E-state index contributed by atoms with van der Waals surface area (Å²) < 4.78 is 5.19. The first-order valence-corrected chi connectivity index (χ1v) is 3.66. The SMILES string of the molecule is CC1COCCC1(N)CO. The molecule has 0 radical (unpaired) electrons. The highest BCUT2D eigenvalue weighted by Gasteiger charge is 2.33. The quantitative estimate of drug-likeness (QED) is 0.534. The van der Waals surface area contributed by atoms with Crippen molar-refractivity contribution >= 4 is 0 Å². The number of rotatable bonds is 1. The number of aliphatic hydroxyl groups excluding tert-OH is 1. The van der Waals surface area contributed by atoms with Gasteiger partial charge in [-0.25, -0.2) is 0 Å². The third-order valence-corrected chi connectivity index (χ3v) is 2.36. The van der Waals surface area contributed by atoms with Crippen molar-refractivity contribution in [3.05, 3.63) is 0 Å². The van der Waals surface area contributed by atoms with Crippen LogP contribution in [0.2, 0.25) is 0 Å². The number of aliphatic hydroxyl groups is 1. The maximum atomic E-state index is 8.94. The van der Waals surface area contributed by atoms with Crippen LogP contribution in [0.4, 0.5) is 0 Å². The molecule has 1 aliphatic heterocycles. The first kappa shape index (κ1) is 7.98. The Balaban J connectivity index is 2.54. The Morgan fingerprint density at radius 2 is 2.50 bits per heavy atom. The molecule has 0 aliphatic carbocycles. The third-order valence-electron chi connectivity index (χ3n) is 2.36. The zero-order valence-electron chi connectivity index (χ0n) is 6.34. The van der Waals surface area contributed by atoms with Gasteiger partial charge in [0.1, 0.15) is 0 Å². The van der Waals surface area contributed by atoms with Gasteiger partial charge < -0.3 is 15.6 Å². The molecule has 1 aliphatic rings. The molecule has 0 aromatic heterocycles. The van der Waals surface area contributed by atoms with Crippen LogP contribution >= 0.6 is 0 Å². The predicted octanol–water partition coefficient (Wildman–Crippen LogP) is -0.267. The van der Waals surface area contributed by atoms with Crippen molar-refractivity contribution in [1.29, 1.82) is 0 Å². The molecule has 0 saturated carbocycles. The fourth-order valence-corrected chi connectivity index (χ4v) is 1.17. The van der Waals surface area contributed by atoms with E-state index >= 15 is 0 Å². The van der Waals surface area contributed by atoms with E-state index in [1.54, 1.807) is 0 Å². The lowest BCUT2D eigenvalue weighted by Gasteiger charge is -2.37. The van der Waals surface area contributed by atoms with Crippen LogP contribution in [0.1, 0.15) is 13.3 Å².